The molecule has 0 bridgehead atoms. The van der Waals surface area contributed by atoms with E-state index in [0.717, 1.165) is 31.5 Å². The van der Waals surface area contributed by atoms with E-state index in [1.165, 1.54) is 5.56 Å². The third-order valence-corrected chi connectivity index (χ3v) is 5.59. The maximum absolute atomic E-state index is 12.5. The zero-order chi connectivity index (χ0) is 17.2. The standard InChI is InChI=1S/C19H26N2O3/c1-14-3-5-15(6-4-14)11-17(22)21-9-7-19(8-10-21)13-20-18(23)16(19)12-24-2/h3-6,16H,7-13H2,1-2H3,(H,20,23)/t16-/m0/s1. The van der Waals surface area contributed by atoms with Crippen molar-refractivity contribution in [2.45, 2.75) is 26.2 Å². The molecule has 2 saturated heterocycles. The van der Waals surface area contributed by atoms with Crippen LogP contribution in [0.25, 0.3) is 0 Å². The summed E-state index contributed by atoms with van der Waals surface area (Å²) in [5.41, 5.74) is 2.21. The summed E-state index contributed by atoms with van der Waals surface area (Å²) in [6.45, 7) is 4.66. The van der Waals surface area contributed by atoms with Crippen LogP contribution in [0.1, 0.15) is 24.0 Å². The topological polar surface area (TPSA) is 58.6 Å². The summed E-state index contributed by atoms with van der Waals surface area (Å²) in [5.74, 6) is 0.183. The molecule has 2 amide bonds. The van der Waals surface area contributed by atoms with E-state index in [1.54, 1.807) is 7.11 Å². The van der Waals surface area contributed by atoms with Crippen molar-refractivity contribution in [3.05, 3.63) is 35.4 Å². The number of benzene rings is 1. The van der Waals surface area contributed by atoms with Gasteiger partial charge in [0, 0.05) is 32.2 Å². The van der Waals surface area contributed by atoms with Crippen LogP contribution in [0.15, 0.2) is 24.3 Å². The Morgan fingerprint density at radius 1 is 1.29 bits per heavy atom. The summed E-state index contributed by atoms with van der Waals surface area (Å²) in [5, 5.41) is 2.98. The first-order chi connectivity index (χ1) is 11.5. The molecule has 0 radical (unpaired) electrons. The quantitative estimate of drug-likeness (QED) is 0.911. The van der Waals surface area contributed by atoms with Gasteiger partial charge in [-0.3, -0.25) is 9.59 Å². The van der Waals surface area contributed by atoms with Gasteiger partial charge in [0.15, 0.2) is 0 Å². The van der Waals surface area contributed by atoms with Crippen LogP contribution in [0.2, 0.25) is 0 Å². The van der Waals surface area contributed by atoms with Gasteiger partial charge in [-0.1, -0.05) is 29.8 Å². The molecule has 0 aromatic heterocycles. The molecule has 1 aromatic carbocycles. The fraction of sp³-hybridized carbons (Fsp3) is 0.579. The maximum Gasteiger partial charge on any atom is 0.226 e. The molecular weight excluding hydrogens is 304 g/mol. The number of nitrogens with one attached hydrogen (secondary N) is 1. The first-order valence-electron chi connectivity index (χ1n) is 8.64. The minimum absolute atomic E-state index is 0.0479. The average Bonchev–Trinajstić information content (AvgIpc) is 2.88. The first kappa shape index (κ1) is 17.0. The number of hydrogen-bond acceptors (Lipinski definition) is 3. The summed E-state index contributed by atoms with van der Waals surface area (Å²) < 4.78 is 5.25. The Labute approximate surface area is 143 Å². The Morgan fingerprint density at radius 3 is 2.58 bits per heavy atom. The molecule has 2 heterocycles. The lowest BCUT2D eigenvalue weighted by molar-refractivity contribution is -0.134. The average molecular weight is 330 g/mol. The Bertz CT molecular complexity index is 604. The molecule has 5 nitrogen and oxygen atoms in total. The van der Waals surface area contributed by atoms with E-state index < -0.39 is 0 Å². The van der Waals surface area contributed by atoms with E-state index in [1.807, 2.05) is 36.1 Å². The Hall–Kier alpha value is -1.88. The van der Waals surface area contributed by atoms with Gasteiger partial charge in [0.25, 0.3) is 0 Å². The molecule has 3 rings (SSSR count). The van der Waals surface area contributed by atoms with Gasteiger partial charge in [0.1, 0.15) is 0 Å². The number of ether oxygens (including phenoxy) is 1. The summed E-state index contributed by atoms with van der Waals surface area (Å²) in [4.78, 5) is 26.5. The second-order valence-electron chi connectivity index (χ2n) is 7.13. The molecule has 0 unspecified atom stereocenters. The molecule has 24 heavy (non-hydrogen) atoms. The van der Waals surface area contributed by atoms with Gasteiger partial charge in [-0.05, 0) is 25.3 Å². The highest BCUT2D eigenvalue weighted by atomic mass is 16.5. The number of hydrogen-bond donors (Lipinski definition) is 1. The fourth-order valence-corrected chi connectivity index (χ4v) is 3.93. The van der Waals surface area contributed by atoms with Crippen molar-refractivity contribution >= 4 is 11.8 Å². The highest BCUT2D eigenvalue weighted by Crippen LogP contribution is 2.42. The Kier molecular flexibility index (Phi) is 4.90. The van der Waals surface area contributed by atoms with E-state index >= 15 is 0 Å². The summed E-state index contributed by atoms with van der Waals surface area (Å²) in [7, 11) is 1.64. The molecular formula is C19H26N2O3. The van der Waals surface area contributed by atoms with Crippen molar-refractivity contribution in [2.24, 2.45) is 11.3 Å². The number of carbonyl (C=O) groups excluding carboxylic acids is 2. The number of methoxy groups -OCH3 is 1. The zero-order valence-corrected chi connectivity index (χ0v) is 14.5. The van der Waals surface area contributed by atoms with Crippen molar-refractivity contribution in [1.82, 2.24) is 10.2 Å². The van der Waals surface area contributed by atoms with Gasteiger partial charge in [-0.25, -0.2) is 0 Å². The van der Waals surface area contributed by atoms with Crippen molar-refractivity contribution in [3.63, 3.8) is 0 Å². The molecule has 0 aliphatic carbocycles. The number of rotatable bonds is 4. The van der Waals surface area contributed by atoms with Crippen LogP contribution in [0.5, 0.6) is 0 Å². The van der Waals surface area contributed by atoms with Gasteiger partial charge in [0.05, 0.1) is 18.9 Å². The van der Waals surface area contributed by atoms with Crippen molar-refractivity contribution in [3.8, 4) is 0 Å². The summed E-state index contributed by atoms with van der Waals surface area (Å²) in [6.07, 6.45) is 2.17. The van der Waals surface area contributed by atoms with E-state index in [9.17, 15) is 9.59 Å². The minimum atomic E-state index is -0.0862. The second kappa shape index (κ2) is 6.93. The maximum atomic E-state index is 12.5. The number of amides is 2. The van der Waals surface area contributed by atoms with E-state index in [-0.39, 0.29) is 23.1 Å². The zero-order valence-electron chi connectivity index (χ0n) is 14.5. The second-order valence-corrected chi connectivity index (χ2v) is 7.13. The number of aryl methyl sites for hydroxylation is 1. The number of carbonyl (C=O) groups is 2. The number of likely N-dealkylation sites (tertiary alicyclic amines) is 1. The van der Waals surface area contributed by atoms with Crippen LogP contribution >= 0.6 is 0 Å². The van der Waals surface area contributed by atoms with E-state index in [0.29, 0.717) is 19.6 Å². The smallest absolute Gasteiger partial charge is 0.226 e. The highest BCUT2D eigenvalue weighted by Gasteiger charge is 2.49. The predicted molar refractivity (Wildman–Crippen MR) is 91.5 cm³/mol. The van der Waals surface area contributed by atoms with E-state index in [2.05, 4.69) is 5.32 Å². The van der Waals surface area contributed by atoms with Crippen LogP contribution in [0, 0.1) is 18.3 Å². The predicted octanol–water partition coefficient (Wildman–Crippen LogP) is 1.54. The van der Waals surface area contributed by atoms with Crippen LogP contribution in [-0.4, -0.2) is 50.1 Å². The molecule has 1 N–H and O–H groups in total. The van der Waals surface area contributed by atoms with E-state index in [4.69, 9.17) is 4.74 Å². The van der Waals surface area contributed by atoms with Crippen LogP contribution in [-0.2, 0) is 20.7 Å². The van der Waals surface area contributed by atoms with Gasteiger partial charge in [0.2, 0.25) is 11.8 Å². The molecule has 1 aromatic rings. The third-order valence-electron chi connectivity index (χ3n) is 5.59. The minimum Gasteiger partial charge on any atom is -0.384 e. The normalized spacial score (nSPS) is 22.7. The fourth-order valence-electron chi connectivity index (χ4n) is 3.93. The SMILES string of the molecule is COC[C@H]1C(=O)NCC12CCN(C(=O)Cc1ccc(C)cc1)CC2. The molecule has 1 atom stereocenters. The van der Waals surface area contributed by atoms with Crippen molar-refractivity contribution < 1.29 is 14.3 Å². The van der Waals surface area contributed by atoms with Crippen LogP contribution in [0.3, 0.4) is 0 Å². The number of piperidine rings is 1. The van der Waals surface area contributed by atoms with Crippen LogP contribution < -0.4 is 5.32 Å². The van der Waals surface area contributed by atoms with Gasteiger partial charge < -0.3 is 15.0 Å². The Balaban J connectivity index is 1.59. The molecule has 130 valence electrons. The largest absolute Gasteiger partial charge is 0.384 e. The molecule has 1 spiro atoms. The Morgan fingerprint density at radius 2 is 1.96 bits per heavy atom. The van der Waals surface area contributed by atoms with Crippen molar-refractivity contribution in [1.29, 1.82) is 0 Å². The lowest BCUT2D eigenvalue weighted by Gasteiger charge is -2.41. The number of nitrogens with zero attached hydrogens (tertiary/aromatic N) is 1. The molecule has 2 aliphatic heterocycles. The lowest BCUT2D eigenvalue weighted by Crippen LogP contribution is -2.47. The van der Waals surface area contributed by atoms with Crippen LogP contribution in [0.4, 0.5) is 0 Å². The summed E-state index contributed by atoms with van der Waals surface area (Å²) in [6, 6.07) is 8.12. The highest BCUT2D eigenvalue weighted by molar-refractivity contribution is 5.82. The van der Waals surface area contributed by atoms with Crippen molar-refractivity contribution in [2.75, 3.05) is 33.4 Å². The first-order valence-corrected chi connectivity index (χ1v) is 8.64. The van der Waals surface area contributed by atoms with Gasteiger partial charge >= 0.3 is 0 Å². The monoisotopic (exact) mass is 330 g/mol. The molecule has 2 aliphatic rings. The summed E-state index contributed by atoms with van der Waals surface area (Å²) >= 11 is 0. The third kappa shape index (κ3) is 3.31. The molecule has 5 heteroatoms. The molecule has 2 fully saturated rings. The van der Waals surface area contributed by atoms with Gasteiger partial charge in [-0.15, -0.1) is 0 Å². The molecule has 0 saturated carbocycles. The lowest BCUT2D eigenvalue weighted by atomic mass is 9.71. The van der Waals surface area contributed by atoms with Gasteiger partial charge in [-0.2, -0.15) is 0 Å².